The second-order valence-corrected chi connectivity index (χ2v) is 8.31. The molecule has 0 spiro atoms. The van der Waals surface area contributed by atoms with E-state index in [0.717, 1.165) is 33.7 Å². The molecule has 0 saturated heterocycles. The molecule has 1 heterocycles. The van der Waals surface area contributed by atoms with Crippen LogP contribution in [0.2, 0.25) is 0 Å². The first kappa shape index (κ1) is 23.3. The van der Waals surface area contributed by atoms with Gasteiger partial charge in [0.1, 0.15) is 5.76 Å². The number of aryl methyl sites for hydroxylation is 3. The van der Waals surface area contributed by atoms with Gasteiger partial charge in [-0.25, -0.2) is 0 Å². The molecule has 3 rings (SSSR count). The maximum atomic E-state index is 13.1. The largest absolute Gasteiger partial charge is 0.467 e. The minimum atomic E-state index is -0.143. The third-order valence-corrected chi connectivity index (χ3v) is 5.26. The van der Waals surface area contributed by atoms with Gasteiger partial charge in [0.2, 0.25) is 11.8 Å². The van der Waals surface area contributed by atoms with Gasteiger partial charge in [0.05, 0.1) is 25.9 Å². The van der Waals surface area contributed by atoms with E-state index in [1.165, 1.54) is 0 Å². The van der Waals surface area contributed by atoms with Crippen LogP contribution in [0.4, 0.5) is 5.69 Å². The van der Waals surface area contributed by atoms with Crippen LogP contribution in [0.3, 0.4) is 0 Å². The lowest BCUT2D eigenvalue weighted by Gasteiger charge is -2.25. The molecule has 0 radical (unpaired) electrons. The molecule has 3 aromatic rings. The molecule has 0 aliphatic heterocycles. The molecular formula is C26H31N3O3. The predicted molar refractivity (Wildman–Crippen MR) is 126 cm³/mol. The Morgan fingerprint density at radius 3 is 2.22 bits per heavy atom. The number of carbonyl (C=O) groups is 2. The molecule has 2 amide bonds. The Labute approximate surface area is 189 Å². The van der Waals surface area contributed by atoms with Gasteiger partial charge in [0, 0.05) is 12.2 Å². The standard InChI is InChI=1S/C26H31N3O3/c1-19-13-20(2)26(21(3)14-19)27-24(30)17-28(4)18-25(31)29(16-23-11-8-12-32-23)15-22-9-6-5-7-10-22/h5-14H,15-18H2,1-4H3,(H,27,30). The Hall–Kier alpha value is -3.38. The lowest BCUT2D eigenvalue weighted by atomic mass is 10.1. The van der Waals surface area contributed by atoms with Crippen LogP contribution in [-0.2, 0) is 22.7 Å². The average molecular weight is 434 g/mol. The van der Waals surface area contributed by atoms with Crippen LogP contribution in [-0.4, -0.2) is 41.8 Å². The van der Waals surface area contributed by atoms with E-state index in [0.29, 0.717) is 13.1 Å². The summed E-state index contributed by atoms with van der Waals surface area (Å²) in [5, 5.41) is 2.99. The van der Waals surface area contributed by atoms with Crippen LogP contribution >= 0.6 is 0 Å². The van der Waals surface area contributed by atoms with Gasteiger partial charge < -0.3 is 14.6 Å². The van der Waals surface area contributed by atoms with Gasteiger partial charge in [-0.3, -0.25) is 14.5 Å². The normalized spacial score (nSPS) is 10.9. The molecule has 0 aliphatic carbocycles. The van der Waals surface area contributed by atoms with Crippen molar-refractivity contribution in [3.05, 3.63) is 88.9 Å². The monoisotopic (exact) mass is 433 g/mol. The van der Waals surface area contributed by atoms with Crippen LogP contribution < -0.4 is 5.32 Å². The third-order valence-electron chi connectivity index (χ3n) is 5.26. The number of hydrogen-bond acceptors (Lipinski definition) is 4. The van der Waals surface area contributed by atoms with E-state index in [9.17, 15) is 9.59 Å². The van der Waals surface area contributed by atoms with Crippen molar-refractivity contribution in [1.82, 2.24) is 9.80 Å². The van der Waals surface area contributed by atoms with Gasteiger partial charge in [0.15, 0.2) is 0 Å². The lowest BCUT2D eigenvalue weighted by molar-refractivity contribution is -0.134. The van der Waals surface area contributed by atoms with Crippen LogP contribution in [0.1, 0.15) is 28.0 Å². The second-order valence-electron chi connectivity index (χ2n) is 8.31. The Morgan fingerprint density at radius 2 is 1.59 bits per heavy atom. The van der Waals surface area contributed by atoms with Crippen LogP contribution in [0.25, 0.3) is 0 Å². The summed E-state index contributed by atoms with van der Waals surface area (Å²) in [4.78, 5) is 29.2. The quantitative estimate of drug-likeness (QED) is 0.546. The molecule has 6 nitrogen and oxygen atoms in total. The summed E-state index contributed by atoms with van der Waals surface area (Å²) >= 11 is 0. The van der Waals surface area contributed by atoms with E-state index in [2.05, 4.69) is 5.32 Å². The van der Waals surface area contributed by atoms with Crippen molar-refractivity contribution in [3.63, 3.8) is 0 Å². The zero-order chi connectivity index (χ0) is 23.1. The lowest BCUT2D eigenvalue weighted by Crippen LogP contribution is -2.41. The summed E-state index contributed by atoms with van der Waals surface area (Å²) in [6, 6.07) is 17.6. The smallest absolute Gasteiger partial charge is 0.238 e. The van der Waals surface area contributed by atoms with Crippen molar-refractivity contribution in [1.29, 1.82) is 0 Å². The van der Waals surface area contributed by atoms with Gasteiger partial charge in [0.25, 0.3) is 0 Å². The molecule has 6 heteroatoms. The highest BCUT2D eigenvalue weighted by Gasteiger charge is 2.19. The molecular weight excluding hydrogens is 402 g/mol. The van der Waals surface area contributed by atoms with Crippen LogP contribution in [0.5, 0.6) is 0 Å². The van der Waals surface area contributed by atoms with Gasteiger partial charge >= 0.3 is 0 Å². The minimum absolute atomic E-state index is 0.0664. The number of nitrogens with one attached hydrogen (secondary N) is 1. The molecule has 168 valence electrons. The fourth-order valence-electron chi connectivity index (χ4n) is 3.81. The van der Waals surface area contributed by atoms with Gasteiger partial charge in [-0.1, -0.05) is 48.0 Å². The number of carbonyl (C=O) groups excluding carboxylic acids is 2. The SMILES string of the molecule is Cc1cc(C)c(NC(=O)CN(C)CC(=O)N(Cc2ccccc2)Cc2ccco2)c(C)c1. The summed E-state index contributed by atoms with van der Waals surface area (Å²) in [5.41, 5.74) is 5.10. The maximum absolute atomic E-state index is 13.1. The average Bonchev–Trinajstić information content (AvgIpc) is 3.24. The highest BCUT2D eigenvalue weighted by molar-refractivity contribution is 5.94. The zero-order valence-corrected chi connectivity index (χ0v) is 19.2. The second kappa shape index (κ2) is 10.8. The first-order chi connectivity index (χ1) is 15.3. The van der Waals surface area contributed by atoms with E-state index in [1.807, 2.05) is 75.4 Å². The molecule has 32 heavy (non-hydrogen) atoms. The van der Waals surface area contributed by atoms with Gasteiger partial charge in [-0.2, -0.15) is 0 Å². The fraction of sp³-hybridized carbons (Fsp3) is 0.308. The number of anilines is 1. The van der Waals surface area contributed by atoms with Crippen molar-refractivity contribution in [2.75, 3.05) is 25.5 Å². The zero-order valence-electron chi connectivity index (χ0n) is 19.2. The highest BCUT2D eigenvalue weighted by Crippen LogP contribution is 2.21. The number of hydrogen-bond donors (Lipinski definition) is 1. The van der Waals surface area contributed by atoms with Crippen LogP contribution in [0.15, 0.2) is 65.3 Å². The summed E-state index contributed by atoms with van der Waals surface area (Å²) in [6.45, 7) is 7.11. The fourth-order valence-corrected chi connectivity index (χ4v) is 3.81. The number of likely N-dealkylation sites (N-methyl/N-ethyl adjacent to an activating group) is 1. The third kappa shape index (κ3) is 6.56. The molecule has 0 bridgehead atoms. The molecule has 0 fully saturated rings. The number of rotatable bonds is 9. The molecule has 0 atom stereocenters. The summed E-state index contributed by atoms with van der Waals surface area (Å²) in [5.74, 6) is 0.513. The Balaban J connectivity index is 1.61. The van der Waals surface area contributed by atoms with Crippen molar-refractivity contribution in [3.8, 4) is 0 Å². The molecule has 0 aliphatic rings. The van der Waals surface area contributed by atoms with Crippen molar-refractivity contribution < 1.29 is 14.0 Å². The first-order valence-corrected chi connectivity index (χ1v) is 10.7. The topological polar surface area (TPSA) is 65.8 Å². The van der Waals surface area contributed by atoms with Crippen molar-refractivity contribution >= 4 is 17.5 Å². The van der Waals surface area contributed by atoms with Crippen molar-refractivity contribution in [2.24, 2.45) is 0 Å². The number of amides is 2. The van der Waals surface area contributed by atoms with Crippen molar-refractivity contribution in [2.45, 2.75) is 33.9 Å². The van der Waals surface area contributed by atoms with Crippen LogP contribution in [0, 0.1) is 20.8 Å². The first-order valence-electron chi connectivity index (χ1n) is 10.7. The Morgan fingerprint density at radius 1 is 0.906 bits per heavy atom. The van der Waals surface area contributed by atoms with E-state index >= 15 is 0 Å². The van der Waals surface area contributed by atoms with E-state index in [-0.39, 0.29) is 24.9 Å². The molecule has 1 aromatic heterocycles. The van der Waals surface area contributed by atoms with E-state index in [1.54, 1.807) is 23.1 Å². The number of nitrogens with zero attached hydrogens (tertiary/aromatic N) is 2. The Kier molecular flexibility index (Phi) is 7.84. The maximum Gasteiger partial charge on any atom is 0.238 e. The molecule has 2 aromatic carbocycles. The molecule has 1 N–H and O–H groups in total. The summed E-state index contributed by atoms with van der Waals surface area (Å²) in [6.07, 6.45) is 1.60. The number of furan rings is 1. The number of benzene rings is 2. The minimum Gasteiger partial charge on any atom is -0.467 e. The van der Waals surface area contributed by atoms with E-state index < -0.39 is 0 Å². The van der Waals surface area contributed by atoms with Gasteiger partial charge in [-0.05, 0) is 56.6 Å². The van der Waals surface area contributed by atoms with Gasteiger partial charge in [-0.15, -0.1) is 0 Å². The highest BCUT2D eigenvalue weighted by atomic mass is 16.3. The Bertz CT molecular complexity index is 1020. The molecule has 0 unspecified atom stereocenters. The molecule has 0 saturated carbocycles. The summed E-state index contributed by atoms with van der Waals surface area (Å²) < 4.78 is 5.45. The van der Waals surface area contributed by atoms with E-state index in [4.69, 9.17) is 4.42 Å². The predicted octanol–water partition coefficient (Wildman–Crippen LogP) is 4.30. The summed E-state index contributed by atoms with van der Waals surface area (Å²) in [7, 11) is 1.78.